The minimum Gasteiger partial charge on any atom is -0.423 e. The first kappa shape index (κ1) is 15.9. The number of aromatic amines is 1. The van der Waals surface area contributed by atoms with Gasteiger partial charge in [0.25, 0.3) is 0 Å². The predicted molar refractivity (Wildman–Crippen MR) is 109 cm³/mol. The van der Waals surface area contributed by atoms with Crippen LogP contribution in [0.4, 0.5) is 0 Å². The van der Waals surface area contributed by atoms with E-state index in [1.165, 1.54) is 17.5 Å². The fourth-order valence-corrected chi connectivity index (χ4v) is 5.04. The Bertz CT molecular complexity index is 1430. The summed E-state index contributed by atoms with van der Waals surface area (Å²) in [6.45, 7) is 0. The molecule has 0 aliphatic heterocycles. The number of para-hydroxylation sites is 2. The van der Waals surface area contributed by atoms with E-state index in [2.05, 4.69) is 21.2 Å². The SMILES string of the molecule is O=c1cc(CSc2n[nH]c3nc4ccccc4n23)c2cc3c(cc2o1)CCC3. The molecule has 0 amide bonds. The molecule has 1 aliphatic rings. The lowest BCUT2D eigenvalue weighted by Gasteiger charge is -2.07. The summed E-state index contributed by atoms with van der Waals surface area (Å²) in [6, 6.07) is 13.8. The summed E-state index contributed by atoms with van der Waals surface area (Å²) in [4.78, 5) is 16.7. The Morgan fingerprint density at radius 1 is 1.14 bits per heavy atom. The van der Waals surface area contributed by atoms with Crippen molar-refractivity contribution >= 4 is 39.5 Å². The lowest BCUT2D eigenvalue weighted by atomic mass is 10.0. The molecule has 6 rings (SSSR count). The maximum Gasteiger partial charge on any atom is 0.336 e. The Morgan fingerprint density at radius 3 is 2.93 bits per heavy atom. The van der Waals surface area contributed by atoms with Crippen LogP contribution in [0.25, 0.3) is 27.8 Å². The van der Waals surface area contributed by atoms with Crippen LogP contribution in [0.5, 0.6) is 0 Å². The highest BCUT2D eigenvalue weighted by Crippen LogP contribution is 2.31. The minimum atomic E-state index is -0.304. The first-order chi connectivity index (χ1) is 13.8. The molecule has 1 aliphatic carbocycles. The molecule has 0 bridgehead atoms. The second-order valence-electron chi connectivity index (χ2n) is 7.12. The van der Waals surface area contributed by atoms with Gasteiger partial charge in [-0.1, -0.05) is 23.9 Å². The average Bonchev–Trinajstić information content (AvgIpc) is 3.39. The van der Waals surface area contributed by atoms with Crippen molar-refractivity contribution in [2.24, 2.45) is 0 Å². The van der Waals surface area contributed by atoms with E-state index in [4.69, 9.17) is 4.42 Å². The molecule has 0 saturated heterocycles. The topological polar surface area (TPSA) is 76.2 Å². The van der Waals surface area contributed by atoms with Gasteiger partial charge in [-0.2, -0.15) is 0 Å². The van der Waals surface area contributed by atoms with E-state index in [0.717, 1.165) is 45.8 Å². The smallest absolute Gasteiger partial charge is 0.336 e. The van der Waals surface area contributed by atoms with Crippen LogP contribution >= 0.6 is 11.8 Å². The predicted octanol–water partition coefficient (Wildman–Crippen LogP) is 4.10. The van der Waals surface area contributed by atoms with Crippen molar-refractivity contribution in [3.05, 3.63) is 69.6 Å². The lowest BCUT2D eigenvalue weighted by Crippen LogP contribution is -2.01. The van der Waals surface area contributed by atoms with E-state index in [1.807, 2.05) is 34.7 Å². The maximum absolute atomic E-state index is 12.1. The fraction of sp³-hybridized carbons (Fsp3) is 0.190. The van der Waals surface area contributed by atoms with Gasteiger partial charge in [0.1, 0.15) is 5.58 Å². The largest absolute Gasteiger partial charge is 0.423 e. The number of nitrogens with zero attached hydrogens (tertiary/aromatic N) is 3. The average molecular weight is 388 g/mol. The van der Waals surface area contributed by atoms with E-state index < -0.39 is 0 Å². The quantitative estimate of drug-likeness (QED) is 0.372. The molecular weight excluding hydrogens is 372 g/mol. The molecule has 0 saturated carbocycles. The van der Waals surface area contributed by atoms with E-state index >= 15 is 0 Å². The Kier molecular flexibility index (Phi) is 3.40. The van der Waals surface area contributed by atoms with Gasteiger partial charge < -0.3 is 4.42 Å². The lowest BCUT2D eigenvalue weighted by molar-refractivity contribution is 0.559. The zero-order chi connectivity index (χ0) is 18.7. The second-order valence-corrected chi connectivity index (χ2v) is 8.06. The number of thioether (sulfide) groups is 1. The number of imidazole rings is 1. The molecule has 138 valence electrons. The van der Waals surface area contributed by atoms with Gasteiger partial charge in [0.2, 0.25) is 5.78 Å². The van der Waals surface area contributed by atoms with E-state index in [9.17, 15) is 4.79 Å². The van der Waals surface area contributed by atoms with Crippen molar-refractivity contribution in [1.29, 1.82) is 0 Å². The van der Waals surface area contributed by atoms with Gasteiger partial charge in [-0.15, -0.1) is 5.10 Å². The highest BCUT2D eigenvalue weighted by Gasteiger charge is 2.17. The monoisotopic (exact) mass is 388 g/mol. The van der Waals surface area contributed by atoms with Crippen LogP contribution < -0.4 is 5.63 Å². The third kappa shape index (κ3) is 2.39. The van der Waals surface area contributed by atoms with Crippen LogP contribution in [0, 0.1) is 0 Å². The Hall–Kier alpha value is -3.06. The molecule has 0 atom stereocenters. The molecule has 0 spiro atoms. The second kappa shape index (κ2) is 5.97. The molecule has 0 fully saturated rings. The summed E-state index contributed by atoms with van der Waals surface area (Å²) >= 11 is 1.59. The first-order valence-electron chi connectivity index (χ1n) is 9.29. The molecule has 1 N–H and O–H groups in total. The van der Waals surface area contributed by atoms with Gasteiger partial charge in [0, 0.05) is 17.2 Å². The number of benzene rings is 2. The summed E-state index contributed by atoms with van der Waals surface area (Å²) in [6.07, 6.45) is 3.32. The van der Waals surface area contributed by atoms with Crippen molar-refractivity contribution in [1.82, 2.24) is 19.6 Å². The van der Waals surface area contributed by atoms with Gasteiger partial charge in [-0.25, -0.2) is 14.9 Å². The number of aromatic nitrogens is 4. The van der Waals surface area contributed by atoms with Crippen LogP contribution in [-0.4, -0.2) is 19.6 Å². The summed E-state index contributed by atoms with van der Waals surface area (Å²) in [5.74, 6) is 1.35. The molecule has 5 aromatic rings. The van der Waals surface area contributed by atoms with Crippen LogP contribution in [-0.2, 0) is 18.6 Å². The summed E-state index contributed by atoms with van der Waals surface area (Å²) in [7, 11) is 0. The zero-order valence-corrected chi connectivity index (χ0v) is 15.8. The third-order valence-electron chi connectivity index (χ3n) is 5.40. The van der Waals surface area contributed by atoms with Crippen molar-refractivity contribution in [2.75, 3.05) is 0 Å². The summed E-state index contributed by atoms with van der Waals surface area (Å²) in [5, 5.41) is 9.26. The van der Waals surface area contributed by atoms with Crippen LogP contribution in [0.1, 0.15) is 23.1 Å². The van der Waals surface area contributed by atoms with Gasteiger partial charge in [0.05, 0.1) is 11.0 Å². The third-order valence-corrected chi connectivity index (χ3v) is 6.39. The van der Waals surface area contributed by atoms with Gasteiger partial charge in [-0.05, 0) is 60.2 Å². The molecule has 6 nitrogen and oxygen atoms in total. The minimum absolute atomic E-state index is 0.304. The number of fused-ring (bicyclic) bond motifs is 5. The number of H-pyrrole nitrogens is 1. The highest BCUT2D eigenvalue weighted by atomic mass is 32.2. The van der Waals surface area contributed by atoms with Crippen LogP contribution in [0.15, 0.2) is 56.8 Å². The van der Waals surface area contributed by atoms with E-state index in [1.54, 1.807) is 17.8 Å². The van der Waals surface area contributed by atoms with Crippen molar-refractivity contribution in [2.45, 2.75) is 30.2 Å². The van der Waals surface area contributed by atoms with E-state index in [0.29, 0.717) is 11.3 Å². The van der Waals surface area contributed by atoms with Gasteiger partial charge >= 0.3 is 5.63 Å². The van der Waals surface area contributed by atoms with E-state index in [-0.39, 0.29) is 5.63 Å². The number of nitrogens with one attached hydrogen (secondary N) is 1. The Balaban J connectivity index is 1.43. The number of hydrogen-bond acceptors (Lipinski definition) is 5. The normalized spacial score (nSPS) is 13.7. The fourth-order valence-electron chi connectivity index (χ4n) is 4.10. The van der Waals surface area contributed by atoms with Crippen LogP contribution in [0.2, 0.25) is 0 Å². The molecular formula is C21H16N4O2S. The molecule has 3 aromatic heterocycles. The molecule has 0 unspecified atom stereocenters. The summed E-state index contributed by atoms with van der Waals surface area (Å²) < 4.78 is 7.50. The van der Waals surface area contributed by atoms with Gasteiger partial charge in [-0.3, -0.25) is 4.40 Å². The van der Waals surface area contributed by atoms with Crippen molar-refractivity contribution in [3.8, 4) is 0 Å². The Morgan fingerprint density at radius 2 is 2.00 bits per heavy atom. The molecule has 0 radical (unpaired) electrons. The molecule has 7 heteroatoms. The molecule has 2 aromatic carbocycles. The summed E-state index contributed by atoms with van der Waals surface area (Å²) in [5.41, 5.74) is 5.98. The maximum atomic E-state index is 12.1. The molecule has 3 heterocycles. The number of rotatable bonds is 3. The van der Waals surface area contributed by atoms with Gasteiger partial charge in [0.15, 0.2) is 5.16 Å². The standard InChI is InChI=1S/C21H16N4O2S/c26-19-10-14(15-8-12-4-3-5-13(12)9-18(15)27-19)11-28-21-24-23-20-22-16-6-1-2-7-17(16)25(20)21/h1-2,6-10H,3-5,11H2,(H,22,23). The molecule has 28 heavy (non-hydrogen) atoms. The highest BCUT2D eigenvalue weighted by molar-refractivity contribution is 7.98. The van der Waals surface area contributed by atoms with Crippen molar-refractivity contribution < 1.29 is 4.42 Å². The number of hydrogen-bond donors (Lipinski definition) is 1. The van der Waals surface area contributed by atoms with Crippen molar-refractivity contribution in [3.63, 3.8) is 0 Å². The zero-order valence-electron chi connectivity index (χ0n) is 14.9. The Labute approximate surface area is 163 Å². The first-order valence-corrected chi connectivity index (χ1v) is 10.3. The number of aryl methyl sites for hydroxylation is 2. The van der Waals surface area contributed by atoms with Crippen LogP contribution in [0.3, 0.4) is 0 Å².